The number of rotatable bonds is 0. The van der Waals surface area contributed by atoms with E-state index in [2.05, 4.69) is 0 Å². The molecular weight excluding hydrogens is 152 g/mol. The lowest BCUT2D eigenvalue weighted by Gasteiger charge is -2.22. The first-order valence-corrected chi connectivity index (χ1v) is 4.57. The molecule has 0 aromatic carbocycles. The standard InChI is InChI=1S/C10H12O2/c11-9-5-6-10(12)8-4-2-1-3-7(8)9/h1-6H2. The topological polar surface area (TPSA) is 34.1 Å². The smallest absolute Gasteiger partial charge is 0.159 e. The van der Waals surface area contributed by atoms with Gasteiger partial charge in [-0.2, -0.15) is 0 Å². The van der Waals surface area contributed by atoms with Gasteiger partial charge in [-0.15, -0.1) is 0 Å². The van der Waals surface area contributed by atoms with Crippen LogP contribution in [0.4, 0.5) is 0 Å². The number of hydrogen-bond donors (Lipinski definition) is 0. The average molecular weight is 164 g/mol. The highest BCUT2D eigenvalue weighted by Crippen LogP contribution is 2.31. The molecule has 2 rings (SSSR count). The van der Waals surface area contributed by atoms with Crippen LogP contribution in [0.3, 0.4) is 0 Å². The van der Waals surface area contributed by atoms with Gasteiger partial charge in [0.2, 0.25) is 0 Å². The van der Waals surface area contributed by atoms with E-state index in [-0.39, 0.29) is 11.6 Å². The third-order valence-corrected chi connectivity index (χ3v) is 2.72. The Labute approximate surface area is 71.6 Å². The minimum Gasteiger partial charge on any atom is -0.295 e. The quantitative estimate of drug-likeness (QED) is 0.547. The van der Waals surface area contributed by atoms with Crippen LogP contribution in [0, 0.1) is 0 Å². The van der Waals surface area contributed by atoms with Gasteiger partial charge >= 0.3 is 0 Å². The van der Waals surface area contributed by atoms with Crippen LogP contribution in [-0.4, -0.2) is 11.6 Å². The summed E-state index contributed by atoms with van der Waals surface area (Å²) in [5.74, 6) is 0.452. The van der Waals surface area contributed by atoms with Crippen molar-refractivity contribution in [2.24, 2.45) is 0 Å². The maximum Gasteiger partial charge on any atom is 0.159 e. The lowest BCUT2D eigenvalue weighted by Crippen LogP contribution is -2.21. The molecule has 0 radical (unpaired) electrons. The fourth-order valence-corrected chi connectivity index (χ4v) is 2.05. The van der Waals surface area contributed by atoms with Crippen LogP contribution in [0.1, 0.15) is 38.5 Å². The third-order valence-electron chi connectivity index (χ3n) is 2.72. The molecule has 2 heteroatoms. The molecule has 0 atom stereocenters. The zero-order valence-corrected chi connectivity index (χ0v) is 7.06. The number of carbonyl (C=O) groups excluding carboxylic acids is 2. The Bertz CT molecular complexity index is 246. The second kappa shape index (κ2) is 2.85. The van der Waals surface area contributed by atoms with Crippen LogP contribution < -0.4 is 0 Å². The molecule has 2 aliphatic rings. The molecule has 0 saturated heterocycles. The second-order valence-corrected chi connectivity index (χ2v) is 3.51. The zero-order valence-electron chi connectivity index (χ0n) is 7.06. The maximum atomic E-state index is 11.4. The summed E-state index contributed by atoms with van der Waals surface area (Å²) in [7, 11) is 0. The van der Waals surface area contributed by atoms with Crippen molar-refractivity contribution < 1.29 is 9.59 Å². The highest BCUT2D eigenvalue weighted by Gasteiger charge is 2.27. The summed E-state index contributed by atoms with van der Waals surface area (Å²) in [5, 5.41) is 0. The van der Waals surface area contributed by atoms with Gasteiger partial charge < -0.3 is 0 Å². The molecule has 2 nitrogen and oxygen atoms in total. The van der Waals surface area contributed by atoms with Gasteiger partial charge in [-0.25, -0.2) is 0 Å². The Morgan fingerprint density at radius 3 is 1.50 bits per heavy atom. The lowest BCUT2D eigenvalue weighted by molar-refractivity contribution is -0.122. The van der Waals surface area contributed by atoms with Gasteiger partial charge in [0.05, 0.1) is 0 Å². The number of ketones is 2. The van der Waals surface area contributed by atoms with Crippen molar-refractivity contribution in [3.63, 3.8) is 0 Å². The Morgan fingerprint density at radius 1 is 0.667 bits per heavy atom. The Hall–Kier alpha value is -0.920. The number of hydrogen-bond acceptors (Lipinski definition) is 2. The molecule has 64 valence electrons. The van der Waals surface area contributed by atoms with Crippen LogP contribution >= 0.6 is 0 Å². The van der Waals surface area contributed by atoms with Crippen molar-refractivity contribution in [1.82, 2.24) is 0 Å². The number of allylic oxidation sites excluding steroid dienone is 2. The molecule has 0 unspecified atom stereocenters. The molecule has 12 heavy (non-hydrogen) atoms. The predicted molar refractivity (Wildman–Crippen MR) is 44.7 cm³/mol. The van der Waals surface area contributed by atoms with Gasteiger partial charge in [-0.1, -0.05) is 0 Å². The van der Waals surface area contributed by atoms with Crippen molar-refractivity contribution in [3.05, 3.63) is 11.1 Å². The summed E-state index contributed by atoms with van der Waals surface area (Å²) in [4.78, 5) is 22.7. The van der Waals surface area contributed by atoms with Crippen LogP contribution in [0.25, 0.3) is 0 Å². The summed E-state index contributed by atoms with van der Waals surface area (Å²) in [5.41, 5.74) is 1.72. The van der Waals surface area contributed by atoms with E-state index in [0.29, 0.717) is 12.8 Å². The second-order valence-electron chi connectivity index (χ2n) is 3.51. The molecule has 2 aliphatic carbocycles. The Kier molecular flexibility index (Phi) is 1.83. The van der Waals surface area contributed by atoms with Gasteiger partial charge in [0.15, 0.2) is 11.6 Å². The fraction of sp³-hybridized carbons (Fsp3) is 0.600. The van der Waals surface area contributed by atoms with Gasteiger partial charge in [0.25, 0.3) is 0 Å². The Morgan fingerprint density at radius 2 is 1.08 bits per heavy atom. The largest absolute Gasteiger partial charge is 0.295 e. The molecule has 0 aliphatic heterocycles. The predicted octanol–water partition coefficient (Wildman–Crippen LogP) is 1.79. The highest BCUT2D eigenvalue weighted by molar-refractivity contribution is 6.11. The van der Waals surface area contributed by atoms with Crippen LogP contribution in [0.5, 0.6) is 0 Å². The van der Waals surface area contributed by atoms with Gasteiger partial charge in [0.1, 0.15) is 0 Å². The molecule has 0 N–H and O–H groups in total. The van der Waals surface area contributed by atoms with Gasteiger partial charge in [-0.05, 0) is 25.7 Å². The van der Waals surface area contributed by atoms with Crippen LogP contribution in [-0.2, 0) is 9.59 Å². The highest BCUT2D eigenvalue weighted by atomic mass is 16.1. The lowest BCUT2D eigenvalue weighted by atomic mass is 9.81. The summed E-state index contributed by atoms with van der Waals surface area (Å²) < 4.78 is 0. The Balaban J connectivity index is 2.39. The van der Waals surface area contributed by atoms with E-state index in [1.165, 1.54) is 0 Å². The fourth-order valence-electron chi connectivity index (χ4n) is 2.05. The van der Waals surface area contributed by atoms with E-state index in [0.717, 1.165) is 36.8 Å². The monoisotopic (exact) mass is 164 g/mol. The van der Waals surface area contributed by atoms with E-state index in [4.69, 9.17) is 0 Å². The van der Waals surface area contributed by atoms with Crippen LogP contribution in [0.2, 0.25) is 0 Å². The van der Waals surface area contributed by atoms with E-state index in [9.17, 15) is 9.59 Å². The zero-order chi connectivity index (χ0) is 8.55. The minimum absolute atomic E-state index is 0.226. The maximum absolute atomic E-state index is 11.4. The molecule has 0 heterocycles. The van der Waals surface area contributed by atoms with E-state index >= 15 is 0 Å². The normalized spacial score (nSPS) is 24.3. The van der Waals surface area contributed by atoms with Gasteiger partial charge in [0, 0.05) is 24.0 Å². The third kappa shape index (κ3) is 1.11. The van der Waals surface area contributed by atoms with Crippen molar-refractivity contribution >= 4 is 11.6 Å². The van der Waals surface area contributed by atoms with Crippen LogP contribution in [0.15, 0.2) is 11.1 Å². The van der Waals surface area contributed by atoms with Crippen molar-refractivity contribution in [2.75, 3.05) is 0 Å². The average Bonchev–Trinajstić information content (AvgIpc) is 2.12. The molecule has 0 aromatic rings. The molecule has 0 aromatic heterocycles. The SMILES string of the molecule is O=C1CCC(=O)C2=C1CCCC2. The van der Waals surface area contributed by atoms with E-state index in [1.807, 2.05) is 0 Å². The first-order chi connectivity index (χ1) is 5.79. The van der Waals surface area contributed by atoms with E-state index in [1.54, 1.807) is 0 Å². The van der Waals surface area contributed by atoms with E-state index < -0.39 is 0 Å². The molecule has 0 spiro atoms. The first kappa shape index (κ1) is 7.71. The molecule has 0 bridgehead atoms. The molecule has 0 amide bonds. The van der Waals surface area contributed by atoms with Crippen molar-refractivity contribution in [2.45, 2.75) is 38.5 Å². The first-order valence-electron chi connectivity index (χ1n) is 4.57. The summed E-state index contributed by atoms with van der Waals surface area (Å²) in [6.45, 7) is 0. The molecule has 0 fully saturated rings. The van der Waals surface area contributed by atoms with Crippen molar-refractivity contribution in [1.29, 1.82) is 0 Å². The summed E-state index contributed by atoms with van der Waals surface area (Å²) in [6.07, 6.45) is 4.77. The summed E-state index contributed by atoms with van der Waals surface area (Å²) in [6, 6.07) is 0. The van der Waals surface area contributed by atoms with Gasteiger partial charge in [-0.3, -0.25) is 9.59 Å². The van der Waals surface area contributed by atoms with Crippen molar-refractivity contribution in [3.8, 4) is 0 Å². The molecule has 0 saturated carbocycles. The number of carbonyl (C=O) groups is 2. The number of Topliss-reactive ketones (excluding diaryl/α,β-unsaturated/α-hetero) is 2. The minimum atomic E-state index is 0.226. The summed E-state index contributed by atoms with van der Waals surface area (Å²) >= 11 is 0. The molecular formula is C10H12O2.